The Balaban J connectivity index is 1.92. The molecule has 8 nitrogen and oxygen atoms in total. The number of fused-ring (bicyclic) bond motifs is 1. The normalized spacial score (nSPS) is 14.1. The van der Waals surface area contributed by atoms with Crippen molar-refractivity contribution < 1.29 is 14.2 Å². The van der Waals surface area contributed by atoms with Crippen LogP contribution in [0.15, 0.2) is 35.4 Å². The molecule has 0 aliphatic carbocycles. The lowest BCUT2D eigenvalue weighted by atomic mass is 10.00. The Bertz CT molecular complexity index is 1110. The lowest BCUT2D eigenvalue weighted by Gasteiger charge is -2.39. The van der Waals surface area contributed by atoms with E-state index in [1.54, 1.807) is 39.1 Å². The van der Waals surface area contributed by atoms with Crippen molar-refractivity contribution in [3.63, 3.8) is 0 Å². The van der Waals surface area contributed by atoms with Gasteiger partial charge in [-0.25, -0.2) is 4.98 Å². The van der Waals surface area contributed by atoms with Crippen LogP contribution in [0.4, 0.5) is 11.5 Å². The molecular weight excluding hydrogens is 372 g/mol. The highest BCUT2D eigenvalue weighted by atomic mass is 16.5. The van der Waals surface area contributed by atoms with Crippen LogP contribution in [0, 0.1) is 0 Å². The molecule has 8 heteroatoms. The van der Waals surface area contributed by atoms with Gasteiger partial charge in [0, 0.05) is 50.6 Å². The maximum absolute atomic E-state index is 12.7. The summed E-state index contributed by atoms with van der Waals surface area (Å²) in [6.07, 6.45) is 3.66. The van der Waals surface area contributed by atoms with Gasteiger partial charge >= 0.3 is 0 Å². The van der Waals surface area contributed by atoms with Crippen molar-refractivity contribution in [1.29, 1.82) is 0 Å². The molecule has 0 spiro atoms. The van der Waals surface area contributed by atoms with Crippen molar-refractivity contribution >= 4 is 22.3 Å². The van der Waals surface area contributed by atoms with Crippen LogP contribution in [-0.2, 0) is 11.8 Å². The zero-order chi connectivity index (χ0) is 20.7. The zero-order valence-electron chi connectivity index (χ0n) is 16.9. The number of aryl methyl sites for hydroxylation is 1. The van der Waals surface area contributed by atoms with Gasteiger partial charge in [-0.15, -0.1) is 0 Å². The fourth-order valence-corrected chi connectivity index (χ4v) is 3.62. The maximum Gasteiger partial charge on any atom is 0.259 e. The molecular formula is C21H24N4O4. The minimum atomic E-state index is -0.101. The number of ether oxygens (including phenoxy) is 3. The van der Waals surface area contributed by atoms with E-state index in [1.165, 1.54) is 0 Å². The summed E-state index contributed by atoms with van der Waals surface area (Å²) in [7, 11) is 6.56. The Morgan fingerprint density at radius 1 is 1.07 bits per heavy atom. The first kappa shape index (κ1) is 19.1. The molecule has 1 saturated heterocycles. The third kappa shape index (κ3) is 3.15. The van der Waals surface area contributed by atoms with Crippen LogP contribution in [0.5, 0.6) is 11.5 Å². The van der Waals surface area contributed by atoms with Gasteiger partial charge in [0.25, 0.3) is 5.56 Å². The smallest absolute Gasteiger partial charge is 0.259 e. The minimum Gasteiger partial charge on any atom is -0.494 e. The Morgan fingerprint density at radius 2 is 1.72 bits per heavy atom. The standard InChI is InChI=1S/C21H24N4O4/c1-24-11-16(12-5-17(28-3)20(22)18(6-12)29-4)14-7-19(23-8-15(14)21(24)26)25-9-13(10-25)27-2/h5-8,11,13H,9-10,22H2,1-4H3. The van der Waals surface area contributed by atoms with Crippen molar-refractivity contribution in [3.8, 4) is 22.6 Å². The Labute approximate surface area is 168 Å². The number of aromatic nitrogens is 2. The van der Waals surface area contributed by atoms with Crippen molar-refractivity contribution in [1.82, 2.24) is 9.55 Å². The van der Waals surface area contributed by atoms with Crippen LogP contribution in [0.1, 0.15) is 0 Å². The Kier molecular flexibility index (Phi) is 4.79. The first-order valence-electron chi connectivity index (χ1n) is 9.25. The molecule has 3 aromatic rings. The van der Waals surface area contributed by atoms with Crippen LogP contribution in [-0.4, -0.2) is 50.1 Å². The molecule has 1 fully saturated rings. The van der Waals surface area contributed by atoms with E-state index >= 15 is 0 Å². The molecule has 0 bridgehead atoms. The summed E-state index contributed by atoms with van der Waals surface area (Å²) in [6.45, 7) is 1.55. The van der Waals surface area contributed by atoms with E-state index in [1.807, 2.05) is 24.4 Å². The number of anilines is 2. The van der Waals surface area contributed by atoms with Crippen LogP contribution >= 0.6 is 0 Å². The van der Waals surface area contributed by atoms with E-state index in [0.29, 0.717) is 22.6 Å². The number of rotatable bonds is 5. The van der Waals surface area contributed by atoms with Crippen molar-refractivity contribution in [3.05, 3.63) is 40.9 Å². The first-order chi connectivity index (χ1) is 14.0. The monoisotopic (exact) mass is 396 g/mol. The number of methoxy groups -OCH3 is 3. The molecule has 0 radical (unpaired) electrons. The number of pyridine rings is 2. The van der Waals surface area contributed by atoms with E-state index in [-0.39, 0.29) is 11.7 Å². The van der Waals surface area contributed by atoms with E-state index in [0.717, 1.165) is 35.4 Å². The van der Waals surface area contributed by atoms with Crippen molar-refractivity contribution in [2.24, 2.45) is 7.05 Å². The molecule has 1 aliphatic heterocycles. The average molecular weight is 396 g/mol. The average Bonchev–Trinajstić information content (AvgIpc) is 2.70. The van der Waals surface area contributed by atoms with Crippen molar-refractivity contribution in [2.75, 3.05) is 45.1 Å². The summed E-state index contributed by atoms with van der Waals surface area (Å²) in [5, 5.41) is 1.36. The van der Waals surface area contributed by atoms with Gasteiger partial charge in [0.05, 0.1) is 25.7 Å². The molecule has 29 heavy (non-hydrogen) atoms. The predicted octanol–water partition coefficient (Wildman–Crippen LogP) is 2.03. The number of hydrogen-bond acceptors (Lipinski definition) is 7. The minimum absolute atomic E-state index is 0.101. The summed E-state index contributed by atoms with van der Waals surface area (Å²) in [5.41, 5.74) is 8.13. The van der Waals surface area contributed by atoms with Gasteiger partial charge in [0.1, 0.15) is 23.0 Å². The van der Waals surface area contributed by atoms with Gasteiger partial charge in [-0.1, -0.05) is 0 Å². The number of nitrogens with zero attached hydrogens (tertiary/aromatic N) is 3. The lowest BCUT2D eigenvalue weighted by Crippen LogP contribution is -2.52. The van der Waals surface area contributed by atoms with Gasteiger partial charge in [-0.3, -0.25) is 4.79 Å². The van der Waals surface area contributed by atoms with Gasteiger partial charge in [-0.05, 0) is 23.8 Å². The summed E-state index contributed by atoms with van der Waals surface area (Å²) < 4.78 is 17.7. The van der Waals surface area contributed by atoms with Crippen LogP contribution in [0.3, 0.4) is 0 Å². The highest BCUT2D eigenvalue weighted by molar-refractivity contribution is 5.97. The van der Waals surface area contributed by atoms with Gasteiger partial charge in [0.2, 0.25) is 0 Å². The summed E-state index contributed by atoms with van der Waals surface area (Å²) in [6, 6.07) is 5.65. The van der Waals surface area contributed by atoms with Crippen LogP contribution in [0.25, 0.3) is 21.9 Å². The quantitative estimate of drug-likeness (QED) is 0.660. The molecule has 152 valence electrons. The van der Waals surface area contributed by atoms with Crippen LogP contribution < -0.4 is 25.7 Å². The highest BCUT2D eigenvalue weighted by Gasteiger charge is 2.28. The molecule has 3 heterocycles. The molecule has 1 aliphatic rings. The largest absolute Gasteiger partial charge is 0.494 e. The molecule has 4 rings (SSSR count). The number of nitrogens with two attached hydrogens (primary N) is 1. The van der Waals surface area contributed by atoms with Gasteiger partial charge in [0.15, 0.2) is 0 Å². The number of nitrogen functional groups attached to an aromatic ring is 1. The van der Waals surface area contributed by atoms with Crippen molar-refractivity contribution in [2.45, 2.75) is 6.10 Å². The number of benzene rings is 1. The van der Waals surface area contributed by atoms with E-state index < -0.39 is 0 Å². The second-order valence-electron chi connectivity index (χ2n) is 7.10. The topological polar surface area (TPSA) is 91.8 Å². The second kappa shape index (κ2) is 7.29. The van der Waals surface area contributed by atoms with E-state index in [2.05, 4.69) is 9.88 Å². The molecule has 0 saturated carbocycles. The maximum atomic E-state index is 12.7. The third-order valence-corrected chi connectivity index (χ3v) is 5.41. The molecule has 1 aromatic carbocycles. The molecule has 0 atom stereocenters. The lowest BCUT2D eigenvalue weighted by molar-refractivity contribution is 0.0783. The summed E-state index contributed by atoms with van der Waals surface area (Å²) in [5.74, 6) is 1.84. The fourth-order valence-electron chi connectivity index (χ4n) is 3.62. The molecule has 2 N–H and O–H groups in total. The van der Waals surface area contributed by atoms with Crippen LogP contribution in [0.2, 0.25) is 0 Å². The second-order valence-corrected chi connectivity index (χ2v) is 7.10. The number of hydrogen-bond donors (Lipinski definition) is 1. The molecule has 0 amide bonds. The predicted molar refractivity (Wildman–Crippen MR) is 113 cm³/mol. The third-order valence-electron chi connectivity index (χ3n) is 5.41. The van der Waals surface area contributed by atoms with E-state index in [4.69, 9.17) is 19.9 Å². The first-order valence-corrected chi connectivity index (χ1v) is 9.25. The SMILES string of the molecule is COc1cc(-c2cn(C)c(=O)c3cnc(N4CC(OC)C4)cc23)cc(OC)c1N. The molecule has 0 unspecified atom stereocenters. The summed E-state index contributed by atoms with van der Waals surface area (Å²) in [4.78, 5) is 19.3. The Morgan fingerprint density at radius 3 is 2.31 bits per heavy atom. The van der Waals surface area contributed by atoms with Gasteiger partial charge in [-0.2, -0.15) is 0 Å². The zero-order valence-corrected chi connectivity index (χ0v) is 16.9. The fraction of sp³-hybridized carbons (Fsp3) is 0.333. The Hall–Kier alpha value is -3.26. The highest BCUT2D eigenvalue weighted by Crippen LogP contribution is 2.39. The van der Waals surface area contributed by atoms with E-state index in [9.17, 15) is 4.79 Å². The summed E-state index contributed by atoms with van der Waals surface area (Å²) >= 11 is 0. The van der Waals surface area contributed by atoms with Gasteiger partial charge < -0.3 is 29.4 Å². The molecule has 2 aromatic heterocycles.